The second kappa shape index (κ2) is 8.86. The van der Waals surface area contributed by atoms with Crippen LogP contribution in [0, 0.1) is 6.92 Å². The van der Waals surface area contributed by atoms with Gasteiger partial charge in [0.2, 0.25) is 0 Å². The van der Waals surface area contributed by atoms with E-state index in [1.54, 1.807) is 0 Å². The van der Waals surface area contributed by atoms with Gasteiger partial charge < -0.3 is 0 Å². The van der Waals surface area contributed by atoms with E-state index >= 15 is 0 Å². The molecule has 1 aliphatic carbocycles. The van der Waals surface area contributed by atoms with E-state index < -0.39 is 0 Å². The number of aryl methyl sites for hydroxylation is 1. The van der Waals surface area contributed by atoms with Crippen LogP contribution in [0.5, 0.6) is 0 Å². The molecule has 8 aromatic carbocycles. The average Bonchev–Trinajstić information content (AvgIpc) is 3.04. The fourth-order valence-corrected chi connectivity index (χ4v) is 7.22. The molecule has 9 rings (SSSR count). The summed E-state index contributed by atoms with van der Waals surface area (Å²) in [5.74, 6) is 0. The van der Waals surface area contributed by atoms with Crippen molar-refractivity contribution in [2.75, 3.05) is 0 Å². The minimum Gasteiger partial charge on any atom is -0.252 e. The SMILES string of the molecule is Cc1ccc(-c2ccc3c4cccc5cccc(c6cccc2c63)c54)cc1/N=C1\Cc2ccccc2-c2ccccc21. The molecule has 42 heavy (non-hydrogen) atoms. The number of rotatable bonds is 2. The van der Waals surface area contributed by atoms with Crippen LogP contribution in [-0.4, -0.2) is 5.71 Å². The van der Waals surface area contributed by atoms with Gasteiger partial charge in [0.1, 0.15) is 0 Å². The van der Waals surface area contributed by atoms with Crippen LogP contribution < -0.4 is 0 Å². The van der Waals surface area contributed by atoms with Crippen LogP contribution in [0.15, 0.2) is 138 Å². The lowest BCUT2D eigenvalue weighted by atomic mass is 9.84. The molecule has 0 fully saturated rings. The van der Waals surface area contributed by atoms with Crippen LogP contribution in [0.2, 0.25) is 0 Å². The summed E-state index contributed by atoms with van der Waals surface area (Å²) in [5, 5.41) is 10.6. The quantitative estimate of drug-likeness (QED) is 0.155. The molecule has 196 valence electrons. The lowest BCUT2D eigenvalue weighted by molar-refractivity contribution is 1.26. The van der Waals surface area contributed by atoms with Gasteiger partial charge in [0.05, 0.1) is 11.4 Å². The zero-order valence-electron chi connectivity index (χ0n) is 23.4. The van der Waals surface area contributed by atoms with Crippen LogP contribution in [0.25, 0.3) is 65.3 Å². The van der Waals surface area contributed by atoms with Crippen molar-refractivity contribution < 1.29 is 0 Å². The molecular weight excluding hydrogens is 506 g/mol. The van der Waals surface area contributed by atoms with E-state index in [9.17, 15) is 0 Å². The summed E-state index contributed by atoms with van der Waals surface area (Å²) < 4.78 is 0. The van der Waals surface area contributed by atoms with Gasteiger partial charge in [0, 0.05) is 12.0 Å². The van der Waals surface area contributed by atoms with Crippen LogP contribution in [-0.2, 0) is 6.42 Å². The minimum atomic E-state index is 0.836. The predicted octanol–water partition coefficient (Wildman–Crippen LogP) is 11.1. The summed E-state index contributed by atoms with van der Waals surface area (Å²) in [6, 6.07) is 48.9. The minimum absolute atomic E-state index is 0.836. The maximum absolute atomic E-state index is 5.36. The van der Waals surface area contributed by atoms with Gasteiger partial charge >= 0.3 is 0 Å². The Labute approximate surface area is 244 Å². The monoisotopic (exact) mass is 533 g/mol. The second-order valence-corrected chi connectivity index (χ2v) is 11.5. The van der Waals surface area contributed by atoms with Gasteiger partial charge in [-0.25, -0.2) is 0 Å². The van der Waals surface area contributed by atoms with Gasteiger partial charge in [-0.15, -0.1) is 0 Å². The highest BCUT2D eigenvalue weighted by Crippen LogP contribution is 2.43. The molecule has 0 saturated carbocycles. The van der Waals surface area contributed by atoms with Crippen LogP contribution in [0.3, 0.4) is 0 Å². The largest absolute Gasteiger partial charge is 0.252 e. The van der Waals surface area contributed by atoms with Gasteiger partial charge in [-0.3, -0.25) is 4.99 Å². The van der Waals surface area contributed by atoms with Gasteiger partial charge in [-0.2, -0.15) is 0 Å². The zero-order chi connectivity index (χ0) is 27.8. The van der Waals surface area contributed by atoms with E-state index in [1.807, 2.05) is 0 Å². The Kier molecular flexibility index (Phi) is 4.95. The van der Waals surface area contributed by atoms with Gasteiger partial charge in [-0.05, 0) is 89.5 Å². The van der Waals surface area contributed by atoms with Gasteiger partial charge in [-0.1, -0.05) is 127 Å². The number of aliphatic imine (C=N–C) groups is 1. The molecule has 0 spiro atoms. The van der Waals surface area contributed by atoms with Crippen molar-refractivity contribution in [3.63, 3.8) is 0 Å². The van der Waals surface area contributed by atoms with Crippen molar-refractivity contribution in [3.8, 4) is 22.3 Å². The summed E-state index contributed by atoms with van der Waals surface area (Å²) >= 11 is 0. The molecule has 0 aliphatic heterocycles. The summed E-state index contributed by atoms with van der Waals surface area (Å²) in [6.07, 6.45) is 0.836. The molecule has 0 saturated heterocycles. The first kappa shape index (κ1) is 23.4. The number of nitrogens with zero attached hydrogens (tertiary/aromatic N) is 1. The summed E-state index contributed by atoms with van der Waals surface area (Å²) in [4.78, 5) is 5.36. The summed E-state index contributed by atoms with van der Waals surface area (Å²) in [5.41, 5.74) is 11.0. The van der Waals surface area contributed by atoms with Crippen LogP contribution in [0.1, 0.15) is 16.7 Å². The summed E-state index contributed by atoms with van der Waals surface area (Å²) in [6.45, 7) is 2.17. The van der Waals surface area contributed by atoms with Crippen molar-refractivity contribution >= 4 is 54.5 Å². The second-order valence-electron chi connectivity index (χ2n) is 11.5. The zero-order valence-corrected chi connectivity index (χ0v) is 23.4. The standard InChI is InChI=1S/C41H27N/c1-25-19-20-28(23-38(25)42-39-24-27-9-2-3-12-29(27)31-13-4-5-14-32(31)39)30-21-22-37-35-16-7-11-26-10-6-15-34(40(26)35)36-18-8-17-33(30)41(36)37/h2-23H,24H2,1H3/b42-39+. The Hall–Kier alpha value is -5.27. The average molecular weight is 534 g/mol. The smallest absolute Gasteiger partial charge is 0.0668 e. The third-order valence-electron chi connectivity index (χ3n) is 9.20. The Morgan fingerprint density at radius 2 is 1.12 bits per heavy atom. The maximum atomic E-state index is 5.36. The normalized spacial score (nSPS) is 13.8. The Morgan fingerprint density at radius 3 is 1.93 bits per heavy atom. The lowest BCUT2D eigenvalue weighted by Gasteiger charge is -2.22. The first-order valence-electron chi connectivity index (χ1n) is 14.7. The van der Waals surface area contributed by atoms with E-state index in [1.165, 1.54) is 82.0 Å². The number of hydrogen-bond acceptors (Lipinski definition) is 1. The van der Waals surface area contributed by atoms with Gasteiger partial charge in [0.15, 0.2) is 0 Å². The highest BCUT2D eigenvalue weighted by molar-refractivity contribution is 6.34. The molecule has 0 heterocycles. The van der Waals surface area contributed by atoms with Crippen LogP contribution >= 0.6 is 0 Å². The third-order valence-corrected chi connectivity index (χ3v) is 9.20. The van der Waals surface area contributed by atoms with Crippen LogP contribution in [0.4, 0.5) is 5.69 Å². The molecule has 0 bridgehead atoms. The van der Waals surface area contributed by atoms with Crippen molar-refractivity contribution in [1.82, 2.24) is 0 Å². The Bertz CT molecular complexity index is 2340. The molecule has 0 unspecified atom stereocenters. The van der Waals surface area contributed by atoms with E-state index in [2.05, 4.69) is 140 Å². The third kappa shape index (κ3) is 3.34. The van der Waals surface area contributed by atoms with Crippen molar-refractivity contribution in [2.45, 2.75) is 13.3 Å². The Morgan fingerprint density at radius 1 is 0.476 bits per heavy atom. The van der Waals surface area contributed by atoms with Crippen molar-refractivity contribution in [2.24, 2.45) is 4.99 Å². The highest BCUT2D eigenvalue weighted by atomic mass is 14.8. The molecule has 8 aromatic rings. The van der Waals surface area contributed by atoms with Crippen molar-refractivity contribution in [3.05, 3.63) is 150 Å². The molecular formula is C41H27N. The molecule has 0 amide bonds. The van der Waals surface area contributed by atoms with E-state index in [4.69, 9.17) is 4.99 Å². The first-order valence-corrected chi connectivity index (χ1v) is 14.7. The number of fused-ring (bicyclic) bond motifs is 5. The number of benzene rings is 8. The molecule has 0 atom stereocenters. The first-order chi connectivity index (χ1) is 20.7. The highest BCUT2D eigenvalue weighted by Gasteiger charge is 2.21. The summed E-state index contributed by atoms with van der Waals surface area (Å²) in [7, 11) is 0. The molecule has 0 N–H and O–H groups in total. The van der Waals surface area contributed by atoms with Gasteiger partial charge in [0.25, 0.3) is 0 Å². The molecule has 1 aliphatic rings. The van der Waals surface area contributed by atoms with E-state index in [0.29, 0.717) is 0 Å². The fraction of sp³-hybridized carbons (Fsp3) is 0.0488. The predicted molar refractivity (Wildman–Crippen MR) is 180 cm³/mol. The van der Waals surface area contributed by atoms with E-state index in [0.717, 1.165) is 17.8 Å². The van der Waals surface area contributed by atoms with Crippen molar-refractivity contribution in [1.29, 1.82) is 0 Å². The molecule has 1 heteroatoms. The fourth-order valence-electron chi connectivity index (χ4n) is 7.22. The lowest BCUT2D eigenvalue weighted by Crippen LogP contribution is -2.13. The Balaban J connectivity index is 1.25. The molecule has 0 aromatic heterocycles. The number of hydrogen-bond donors (Lipinski definition) is 0. The topological polar surface area (TPSA) is 12.4 Å². The maximum Gasteiger partial charge on any atom is 0.0668 e. The van der Waals surface area contributed by atoms with E-state index in [-0.39, 0.29) is 0 Å². The molecule has 0 radical (unpaired) electrons. The molecule has 1 nitrogen and oxygen atoms in total.